The summed E-state index contributed by atoms with van der Waals surface area (Å²) in [4.78, 5) is 26.7. The predicted octanol–water partition coefficient (Wildman–Crippen LogP) is 2.10. The maximum atomic E-state index is 12.7. The number of nitrogens with two attached hydrogens (primary N) is 1. The summed E-state index contributed by atoms with van der Waals surface area (Å²) in [6, 6.07) is 7.63. The first kappa shape index (κ1) is 21.7. The Balaban J connectivity index is 0.00000261. The minimum absolute atomic E-state index is 0. The highest BCUT2D eigenvalue weighted by Crippen LogP contribution is 2.24. The van der Waals surface area contributed by atoms with Crippen LogP contribution >= 0.6 is 12.4 Å². The van der Waals surface area contributed by atoms with E-state index in [1.807, 2.05) is 43.0 Å². The van der Waals surface area contributed by atoms with Crippen molar-refractivity contribution >= 4 is 24.2 Å². The van der Waals surface area contributed by atoms with E-state index in [9.17, 15) is 9.59 Å². The molecule has 4 atom stereocenters. The highest BCUT2D eigenvalue weighted by Gasteiger charge is 2.28. The van der Waals surface area contributed by atoms with Crippen molar-refractivity contribution in [2.75, 3.05) is 13.1 Å². The monoisotopic (exact) mass is 395 g/mol. The smallest absolute Gasteiger partial charge is 0.254 e. The van der Waals surface area contributed by atoms with Gasteiger partial charge >= 0.3 is 0 Å². The number of morpholine rings is 1. The SMILES string of the molecule is CC1CN(C(=O)c2ccc(CNC(=O)C3CCC(N)C3)cc2)CC(C)O1.Cl. The number of halogens is 1. The van der Waals surface area contributed by atoms with E-state index in [0.29, 0.717) is 25.2 Å². The van der Waals surface area contributed by atoms with Crippen LogP contribution in [0.1, 0.15) is 49.0 Å². The normalized spacial score (nSPS) is 27.7. The second-order valence-electron chi connectivity index (χ2n) is 7.65. The Morgan fingerprint density at radius 3 is 2.33 bits per heavy atom. The van der Waals surface area contributed by atoms with Gasteiger partial charge in [-0.15, -0.1) is 12.4 Å². The molecule has 0 spiro atoms. The van der Waals surface area contributed by atoms with E-state index in [2.05, 4.69) is 5.32 Å². The van der Waals surface area contributed by atoms with Crippen LogP contribution in [0.4, 0.5) is 0 Å². The average Bonchev–Trinajstić information content (AvgIpc) is 3.05. The standard InChI is InChI=1S/C20H29N3O3.ClH/c1-13-11-23(12-14(2)26-13)20(25)16-5-3-15(4-6-16)10-22-19(24)17-7-8-18(21)9-17;/h3-6,13-14,17-18H,7-12,21H2,1-2H3,(H,22,24);1H. The number of nitrogens with zero attached hydrogens (tertiary/aromatic N) is 1. The van der Waals surface area contributed by atoms with Crippen LogP contribution in [0.2, 0.25) is 0 Å². The summed E-state index contributed by atoms with van der Waals surface area (Å²) < 4.78 is 5.68. The quantitative estimate of drug-likeness (QED) is 0.817. The van der Waals surface area contributed by atoms with Gasteiger partial charge in [-0.3, -0.25) is 9.59 Å². The Kier molecular flexibility index (Phi) is 7.65. The van der Waals surface area contributed by atoms with Crippen LogP contribution in [0.3, 0.4) is 0 Å². The minimum atomic E-state index is 0. The molecule has 0 aromatic heterocycles. The lowest BCUT2D eigenvalue weighted by atomic mass is 10.1. The molecule has 2 fully saturated rings. The van der Waals surface area contributed by atoms with E-state index in [0.717, 1.165) is 24.8 Å². The summed E-state index contributed by atoms with van der Waals surface area (Å²) in [5.41, 5.74) is 7.53. The van der Waals surface area contributed by atoms with E-state index in [1.165, 1.54) is 0 Å². The van der Waals surface area contributed by atoms with Crippen LogP contribution in [-0.4, -0.2) is 48.1 Å². The zero-order valence-electron chi connectivity index (χ0n) is 16.0. The molecule has 150 valence electrons. The average molecular weight is 396 g/mol. The molecular weight excluding hydrogens is 366 g/mol. The molecule has 0 bridgehead atoms. The molecule has 1 aliphatic heterocycles. The van der Waals surface area contributed by atoms with Crippen molar-refractivity contribution in [3.63, 3.8) is 0 Å². The lowest BCUT2D eigenvalue weighted by Gasteiger charge is -2.35. The summed E-state index contributed by atoms with van der Waals surface area (Å²) in [7, 11) is 0. The number of amides is 2. The number of carbonyl (C=O) groups is 2. The molecule has 1 saturated carbocycles. The minimum Gasteiger partial charge on any atom is -0.372 e. The topological polar surface area (TPSA) is 84.7 Å². The van der Waals surface area contributed by atoms with E-state index in [4.69, 9.17) is 10.5 Å². The molecule has 0 radical (unpaired) electrons. The largest absolute Gasteiger partial charge is 0.372 e. The van der Waals surface area contributed by atoms with Gasteiger partial charge in [0, 0.05) is 37.2 Å². The fraction of sp³-hybridized carbons (Fsp3) is 0.600. The molecule has 27 heavy (non-hydrogen) atoms. The predicted molar refractivity (Wildman–Crippen MR) is 107 cm³/mol. The van der Waals surface area contributed by atoms with Crippen LogP contribution in [0, 0.1) is 5.92 Å². The number of hydrogen-bond acceptors (Lipinski definition) is 4. The molecular formula is C20H30ClN3O3. The van der Waals surface area contributed by atoms with Gasteiger partial charge in [0.2, 0.25) is 5.91 Å². The van der Waals surface area contributed by atoms with Gasteiger partial charge in [-0.2, -0.15) is 0 Å². The van der Waals surface area contributed by atoms with Crippen LogP contribution in [0.15, 0.2) is 24.3 Å². The Morgan fingerprint density at radius 2 is 1.78 bits per heavy atom. The van der Waals surface area contributed by atoms with Crippen LogP contribution in [0.5, 0.6) is 0 Å². The van der Waals surface area contributed by atoms with Crippen LogP contribution in [0.25, 0.3) is 0 Å². The second kappa shape index (κ2) is 9.53. The first-order chi connectivity index (χ1) is 12.4. The van der Waals surface area contributed by atoms with Gasteiger partial charge in [-0.1, -0.05) is 12.1 Å². The van der Waals surface area contributed by atoms with Gasteiger partial charge in [-0.25, -0.2) is 0 Å². The van der Waals surface area contributed by atoms with E-state index < -0.39 is 0 Å². The van der Waals surface area contributed by atoms with Crippen molar-refractivity contribution in [2.45, 2.75) is 57.9 Å². The molecule has 1 saturated heterocycles. The third kappa shape index (κ3) is 5.67. The van der Waals surface area contributed by atoms with Crippen molar-refractivity contribution in [1.29, 1.82) is 0 Å². The van der Waals surface area contributed by atoms with E-state index in [1.54, 1.807) is 0 Å². The summed E-state index contributed by atoms with van der Waals surface area (Å²) in [5.74, 6) is 0.146. The Hall–Kier alpha value is -1.63. The second-order valence-corrected chi connectivity index (χ2v) is 7.65. The number of benzene rings is 1. The Labute approximate surface area is 167 Å². The van der Waals surface area contributed by atoms with Gasteiger partial charge in [0.05, 0.1) is 12.2 Å². The van der Waals surface area contributed by atoms with Crippen molar-refractivity contribution in [3.05, 3.63) is 35.4 Å². The van der Waals surface area contributed by atoms with Crippen molar-refractivity contribution < 1.29 is 14.3 Å². The summed E-state index contributed by atoms with van der Waals surface area (Å²) in [6.07, 6.45) is 2.68. The molecule has 1 aliphatic carbocycles. The fourth-order valence-electron chi connectivity index (χ4n) is 3.88. The third-order valence-electron chi connectivity index (χ3n) is 5.22. The summed E-state index contributed by atoms with van der Waals surface area (Å²) in [6.45, 7) is 5.68. The van der Waals surface area contributed by atoms with Gasteiger partial charge < -0.3 is 20.7 Å². The molecule has 1 aromatic rings. The maximum Gasteiger partial charge on any atom is 0.254 e. The van der Waals surface area contributed by atoms with Crippen LogP contribution < -0.4 is 11.1 Å². The first-order valence-corrected chi connectivity index (χ1v) is 9.49. The number of nitrogens with one attached hydrogen (secondary N) is 1. The van der Waals surface area contributed by atoms with Gasteiger partial charge in [0.15, 0.2) is 0 Å². The van der Waals surface area contributed by atoms with Gasteiger partial charge in [-0.05, 0) is 50.8 Å². The molecule has 3 rings (SSSR count). The zero-order chi connectivity index (χ0) is 18.7. The summed E-state index contributed by atoms with van der Waals surface area (Å²) in [5, 5.41) is 2.98. The number of hydrogen-bond donors (Lipinski definition) is 2. The molecule has 2 amide bonds. The van der Waals surface area contributed by atoms with Crippen LogP contribution in [-0.2, 0) is 16.1 Å². The maximum absolute atomic E-state index is 12.7. The van der Waals surface area contributed by atoms with Crippen molar-refractivity contribution in [1.82, 2.24) is 10.2 Å². The number of rotatable bonds is 4. The first-order valence-electron chi connectivity index (χ1n) is 9.49. The Bertz CT molecular complexity index is 642. The highest BCUT2D eigenvalue weighted by molar-refractivity contribution is 5.94. The lowest BCUT2D eigenvalue weighted by molar-refractivity contribution is -0.125. The molecule has 3 N–H and O–H groups in total. The van der Waals surface area contributed by atoms with Crippen molar-refractivity contribution in [2.24, 2.45) is 11.7 Å². The molecule has 6 nitrogen and oxygen atoms in total. The molecule has 2 aliphatic rings. The number of ether oxygens (including phenoxy) is 1. The molecule has 1 heterocycles. The van der Waals surface area contributed by atoms with Crippen molar-refractivity contribution in [3.8, 4) is 0 Å². The number of carbonyl (C=O) groups excluding carboxylic acids is 2. The molecule has 1 aromatic carbocycles. The van der Waals surface area contributed by atoms with Gasteiger partial charge in [0.1, 0.15) is 0 Å². The highest BCUT2D eigenvalue weighted by atomic mass is 35.5. The Morgan fingerprint density at radius 1 is 1.15 bits per heavy atom. The molecule has 4 unspecified atom stereocenters. The summed E-state index contributed by atoms with van der Waals surface area (Å²) >= 11 is 0. The van der Waals surface area contributed by atoms with E-state index in [-0.39, 0.29) is 48.4 Å². The van der Waals surface area contributed by atoms with Gasteiger partial charge in [0.25, 0.3) is 5.91 Å². The fourth-order valence-corrected chi connectivity index (χ4v) is 3.88. The third-order valence-corrected chi connectivity index (χ3v) is 5.22. The zero-order valence-corrected chi connectivity index (χ0v) is 16.8. The van der Waals surface area contributed by atoms with E-state index >= 15 is 0 Å². The molecule has 7 heteroatoms. The lowest BCUT2D eigenvalue weighted by Crippen LogP contribution is -2.48.